The molecular formula is C106H81BrN4. The van der Waals surface area contributed by atoms with Gasteiger partial charge in [0.15, 0.2) is 0 Å². The first-order chi connectivity index (χ1) is 54.0. The number of benzene rings is 18. The molecule has 0 unspecified atom stereocenters. The van der Waals surface area contributed by atoms with Crippen molar-refractivity contribution in [1.82, 2.24) is 9.13 Å². The van der Waals surface area contributed by atoms with Crippen molar-refractivity contribution in [3.05, 3.63) is 441 Å². The molecule has 111 heavy (non-hydrogen) atoms. The van der Waals surface area contributed by atoms with Crippen LogP contribution >= 0.6 is 15.9 Å². The highest BCUT2D eigenvalue weighted by molar-refractivity contribution is 9.10. The number of nitrogens with one attached hydrogen (secondary N) is 1. The van der Waals surface area contributed by atoms with Crippen LogP contribution in [0.2, 0.25) is 0 Å². The van der Waals surface area contributed by atoms with Crippen LogP contribution in [-0.2, 0) is 0 Å². The molecule has 1 N–H and O–H groups in total. The Morgan fingerprint density at radius 2 is 0.477 bits per heavy atom. The summed E-state index contributed by atoms with van der Waals surface area (Å²) in [5.74, 6) is 0. The lowest BCUT2D eigenvalue weighted by atomic mass is 10.0. The van der Waals surface area contributed by atoms with E-state index in [-0.39, 0.29) is 14.9 Å². The zero-order valence-corrected chi connectivity index (χ0v) is 61.4. The lowest BCUT2D eigenvalue weighted by Gasteiger charge is -2.26. The van der Waals surface area contributed by atoms with Crippen molar-refractivity contribution in [3.63, 3.8) is 0 Å². The molecule has 20 aromatic rings. The Morgan fingerprint density at radius 1 is 0.207 bits per heavy atom. The van der Waals surface area contributed by atoms with Crippen LogP contribution in [0.3, 0.4) is 0 Å². The molecular weight excluding hydrogens is 1410 g/mol. The highest BCUT2D eigenvalue weighted by Gasteiger charge is 2.21. The highest BCUT2D eigenvalue weighted by Crippen LogP contribution is 2.44. The number of para-hydroxylation sites is 4. The van der Waals surface area contributed by atoms with Gasteiger partial charge in [0.1, 0.15) is 0 Å². The predicted molar refractivity (Wildman–Crippen MR) is 481 cm³/mol. The van der Waals surface area contributed by atoms with E-state index in [1.54, 1.807) is 0 Å². The number of aromatic nitrogens is 2. The normalized spacial score (nSPS) is 11.0. The molecule has 0 aliphatic heterocycles. The minimum atomic E-state index is 0. The number of fused-ring (bicyclic) bond motifs is 10. The van der Waals surface area contributed by atoms with Gasteiger partial charge in [-0.1, -0.05) is 370 Å². The van der Waals surface area contributed by atoms with Crippen molar-refractivity contribution in [2.45, 2.75) is 14.9 Å². The SMILES string of the molecule is Brc1ccc(-c2ccccc2)cc1.C.C.c1ccc(-c2ccc(N(c3ccc(-c4ccccc4)cc3)c3ccc(-c4ccccc4-n4c5ccccc5c5ccc6ccccc6c54)cc3)cc2)cc1.c1ccc(-c2ccc(Nc3ccc(-c4ccccc4-n4c5ccccc5c5ccc6ccccc6c54)cc3)cc2)cc1. The molecule has 2 heterocycles. The van der Waals surface area contributed by atoms with Gasteiger partial charge < -0.3 is 19.4 Å². The van der Waals surface area contributed by atoms with Crippen LogP contribution in [0.1, 0.15) is 14.9 Å². The maximum absolute atomic E-state index is 3.57. The standard InChI is InChI=1S/C52H36N2.C40H28N2.C12H9Br.2CH4/c1-3-13-37(14-4-1)39-23-30-43(31-24-39)53(44-32-25-40(26-33-44)38-15-5-2-6-16-38)45-34-27-42(28-35-45)46-18-9-11-21-50(46)54-51-22-12-10-20-48(51)49-36-29-41-17-7-8-19-47(41)52(49)54;1-2-10-28(11-3-1)29-18-23-32(24-19-29)41-33-25-20-31(21-26-33)34-13-6-8-16-38(34)42-39-17-9-7-15-36(39)37-27-22-30-12-4-5-14-35(30)40(37)42;13-12-8-6-11(7-9-12)10-4-2-1-3-5-10;;/h1-36H;1-27,41H;1-9H;2*1H4. The van der Waals surface area contributed by atoms with E-state index >= 15 is 0 Å². The van der Waals surface area contributed by atoms with Gasteiger partial charge in [-0.15, -0.1) is 0 Å². The van der Waals surface area contributed by atoms with Gasteiger partial charge >= 0.3 is 0 Å². The molecule has 0 atom stereocenters. The van der Waals surface area contributed by atoms with Crippen molar-refractivity contribution in [1.29, 1.82) is 0 Å². The molecule has 4 nitrogen and oxygen atoms in total. The second-order valence-electron chi connectivity index (χ2n) is 27.3. The summed E-state index contributed by atoms with van der Waals surface area (Å²) in [4.78, 5) is 2.35. The molecule has 0 saturated heterocycles. The minimum Gasteiger partial charge on any atom is -0.356 e. The lowest BCUT2D eigenvalue weighted by Crippen LogP contribution is -2.09. The molecule has 20 rings (SSSR count). The van der Waals surface area contributed by atoms with E-state index in [9.17, 15) is 0 Å². The summed E-state index contributed by atoms with van der Waals surface area (Å²) in [6.07, 6.45) is 0. The van der Waals surface area contributed by atoms with Gasteiger partial charge in [0.05, 0.1) is 33.4 Å². The molecule has 0 aliphatic rings. The molecule has 0 aliphatic carbocycles. The number of anilines is 5. The van der Waals surface area contributed by atoms with Crippen molar-refractivity contribution >= 4 is 110 Å². The number of hydrogen-bond acceptors (Lipinski definition) is 2. The zero-order chi connectivity index (χ0) is 72.8. The number of halogens is 1. The molecule has 0 amide bonds. The maximum atomic E-state index is 3.57. The summed E-state index contributed by atoms with van der Waals surface area (Å²) in [7, 11) is 0. The molecule has 5 heteroatoms. The first kappa shape index (κ1) is 71.4. The molecule has 18 aromatic carbocycles. The fraction of sp³-hybridized carbons (Fsp3) is 0.0189. The lowest BCUT2D eigenvalue weighted by molar-refractivity contribution is 1.19. The van der Waals surface area contributed by atoms with E-state index in [1.165, 1.54) is 138 Å². The smallest absolute Gasteiger partial charge is 0.0619 e. The monoisotopic (exact) mass is 1490 g/mol. The predicted octanol–water partition coefficient (Wildman–Crippen LogP) is 30.8. The van der Waals surface area contributed by atoms with Gasteiger partial charge in [0, 0.05) is 76.4 Å². The summed E-state index contributed by atoms with van der Waals surface area (Å²) in [5.41, 5.74) is 27.2. The third kappa shape index (κ3) is 14.5. The molecule has 532 valence electrons. The zero-order valence-electron chi connectivity index (χ0n) is 59.8. The van der Waals surface area contributed by atoms with Crippen LogP contribution in [0.5, 0.6) is 0 Å². The second kappa shape index (κ2) is 32.3. The van der Waals surface area contributed by atoms with Gasteiger partial charge in [0.2, 0.25) is 0 Å². The Balaban J connectivity index is 0.000000145. The second-order valence-corrected chi connectivity index (χ2v) is 28.2. The van der Waals surface area contributed by atoms with E-state index in [0.29, 0.717) is 0 Å². The summed E-state index contributed by atoms with van der Waals surface area (Å²) in [6, 6.07) is 156. The third-order valence-corrected chi connectivity index (χ3v) is 21.3. The molecule has 0 radical (unpaired) electrons. The maximum Gasteiger partial charge on any atom is 0.0619 e. The molecule has 0 saturated carbocycles. The Hall–Kier alpha value is -13.8. The van der Waals surface area contributed by atoms with Crippen LogP contribution in [-0.4, -0.2) is 9.13 Å². The Labute approximate surface area is 658 Å². The van der Waals surface area contributed by atoms with Crippen LogP contribution in [0.4, 0.5) is 28.4 Å². The van der Waals surface area contributed by atoms with Gasteiger partial charge in [-0.2, -0.15) is 0 Å². The summed E-state index contributed by atoms with van der Waals surface area (Å²) < 4.78 is 6.03. The van der Waals surface area contributed by atoms with Crippen molar-refractivity contribution in [3.8, 4) is 78.1 Å². The molecule has 2 aromatic heterocycles. The topological polar surface area (TPSA) is 25.1 Å². The van der Waals surface area contributed by atoms with E-state index in [2.05, 4.69) is 460 Å². The summed E-state index contributed by atoms with van der Waals surface area (Å²) in [5, 5.41) is 13.6. The number of hydrogen-bond donors (Lipinski definition) is 1. The average molecular weight is 1490 g/mol. The van der Waals surface area contributed by atoms with Gasteiger partial charge in [-0.05, 0) is 163 Å². The first-order valence-corrected chi connectivity index (χ1v) is 37.9. The van der Waals surface area contributed by atoms with Crippen molar-refractivity contribution in [2.75, 3.05) is 10.2 Å². The molecule has 0 bridgehead atoms. The fourth-order valence-electron chi connectivity index (χ4n) is 15.4. The Morgan fingerprint density at radius 3 is 0.847 bits per heavy atom. The third-order valence-electron chi connectivity index (χ3n) is 20.7. The molecule has 0 fully saturated rings. The van der Waals surface area contributed by atoms with Crippen LogP contribution in [0.15, 0.2) is 441 Å². The van der Waals surface area contributed by atoms with E-state index in [1.807, 2.05) is 12.1 Å². The van der Waals surface area contributed by atoms with Crippen LogP contribution in [0, 0.1) is 0 Å². The Kier molecular flexibility index (Phi) is 20.8. The number of rotatable bonds is 13. The first-order valence-electron chi connectivity index (χ1n) is 37.1. The van der Waals surface area contributed by atoms with Gasteiger partial charge in [0.25, 0.3) is 0 Å². The average Bonchev–Trinajstić information content (AvgIpc) is 1.58. The van der Waals surface area contributed by atoms with E-state index < -0.39 is 0 Å². The van der Waals surface area contributed by atoms with Gasteiger partial charge in [-0.25, -0.2) is 0 Å². The van der Waals surface area contributed by atoms with E-state index in [4.69, 9.17) is 0 Å². The Bertz CT molecular complexity index is 6470. The quantitative estimate of drug-likeness (QED) is 0.124. The largest absolute Gasteiger partial charge is 0.356 e. The van der Waals surface area contributed by atoms with Crippen LogP contribution < -0.4 is 10.2 Å². The van der Waals surface area contributed by atoms with Crippen molar-refractivity contribution in [2.24, 2.45) is 0 Å². The summed E-state index contributed by atoms with van der Waals surface area (Å²) >= 11 is 3.42. The van der Waals surface area contributed by atoms with Crippen LogP contribution in [0.25, 0.3) is 143 Å². The van der Waals surface area contributed by atoms with E-state index in [0.717, 1.165) is 38.6 Å². The highest BCUT2D eigenvalue weighted by atomic mass is 79.9. The number of nitrogens with zero attached hydrogens (tertiary/aromatic N) is 3. The van der Waals surface area contributed by atoms with Gasteiger partial charge in [-0.3, -0.25) is 0 Å². The molecule has 0 spiro atoms. The minimum absolute atomic E-state index is 0. The fourth-order valence-corrected chi connectivity index (χ4v) is 15.7. The summed E-state index contributed by atoms with van der Waals surface area (Å²) in [6.45, 7) is 0. The van der Waals surface area contributed by atoms with Crippen molar-refractivity contribution < 1.29 is 0 Å².